The van der Waals surface area contributed by atoms with Gasteiger partial charge in [0, 0.05) is 39.5 Å². The number of carboxylic acids is 1. The number of carbonyl (C=O) groups is 2. The molecule has 0 saturated carbocycles. The van der Waals surface area contributed by atoms with Crippen molar-refractivity contribution in [2.75, 3.05) is 0 Å². The molecule has 192 valence electrons. The van der Waals surface area contributed by atoms with Crippen LogP contribution in [0.4, 0.5) is 17.6 Å². The van der Waals surface area contributed by atoms with Crippen molar-refractivity contribution in [3.05, 3.63) is 88.3 Å². The molecule has 6 nitrogen and oxygen atoms in total. The van der Waals surface area contributed by atoms with Crippen LogP contribution < -0.4 is 9.47 Å². The van der Waals surface area contributed by atoms with E-state index in [0.717, 1.165) is 18.2 Å². The Morgan fingerprint density at radius 1 is 1.03 bits per heavy atom. The van der Waals surface area contributed by atoms with E-state index in [1.54, 1.807) is 6.92 Å². The van der Waals surface area contributed by atoms with Crippen LogP contribution in [0.1, 0.15) is 28.5 Å². The summed E-state index contributed by atoms with van der Waals surface area (Å²) in [6.45, 7) is 2.80. The normalized spacial score (nSPS) is 12.4. The molecule has 1 heterocycles. The number of halogens is 5. The lowest BCUT2D eigenvalue weighted by molar-refractivity contribution is -0.274. The maximum Gasteiger partial charge on any atom is 0.573 e. The molecule has 1 N–H and O–H groups in total. The summed E-state index contributed by atoms with van der Waals surface area (Å²) in [7, 11) is 0. The van der Waals surface area contributed by atoms with Gasteiger partial charge in [0.1, 0.15) is 5.75 Å². The quantitative estimate of drug-likeness (QED) is 0.210. The molecule has 0 aliphatic rings. The number of aromatic nitrogens is 1. The minimum absolute atomic E-state index is 0.167. The van der Waals surface area contributed by atoms with Crippen LogP contribution in [0.3, 0.4) is 0 Å². The number of hydrogen-bond acceptors (Lipinski definition) is 4. The second-order valence-corrected chi connectivity index (χ2v) is 8.51. The van der Waals surface area contributed by atoms with Crippen LogP contribution in [0.25, 0.3) is 16.6 Å². The first-order valence-electron chi connectivity index (χ1n) is 10.8. The minimum atomic E-state index is -4.95. The topological polar surface area (TPSA) is 77.8 Å². The van der Waals surface area contributed by atoms with Gasteiger partial charge in [-0.15, -0.1) is 13.2 Å². The summed E-state index contributed by atoms with van der Waals surface area (Å²) in [6, 6.07) is 13.2. The van der Waals surface area contributed by atoms with Gasteiger partial charge in [0.2, 0.25) is 0 Å². The standard InChI is InChI=1S/C26H18ClF4NO5/c1-13-23(24(33)15-3-5-16(27)6-4-15)19-9-8-18(37-26(29,30)31)12-21(19)32(13)17-7-10-20(28)22(11-17)36-14(2)25(34)35/h3-12,14H,1-2H3,(H,34,35)/t14-/m1/s1. The molecule has 0 unspecified atom stereocenters. The highest BCUT2D eigenvalue weighted by Gasteiger charge is 2.32. The van der Waals surface area contributed by atoms with E-state index >= 15 is 0 Å². The van der Waals surface area contributed by atoms with Crippen LogP contribution >= 0.6 is 11.6 Å². The summed E-state index contributed by atoms with van der Waals surface area (Å²) < 4.78 is 63.9. The number of alkyl halides is 3. The Hall–Kier alpha value is -4.05. The Morgan fingerprint density at radius 2 is 1.70 bits per heavy atom. The molecule has 0 spiro atoms. The minimum Gasteiger partial charge on any atom is -0.479 e. The molecule has 4 rings (SSSR count). The maximum absolute atomic E-state index is 14.4. The molecule has 0 aliphatic heterocycles. The molecule has 0 fully saturated rings. The predicted molar refractivity (Wildman–Crippen MR) is 127 cm³/mol. The number of aliphatic carboxylic acids is 1. The van der Waals surface area contributed by atoms with Crippen LogP contribution in [0.5, 0.6) is 11.5 Å². The molecule has 4 aromatic rings. The van der Waals surface area contributed by atoms with Gasteiger partial charge in [-0.2, -0.15) is 0 Å². The summed E-state index contributed by atoms with van der Waals surface area (Å²) in [6.07, 6.45) is -6.33. The van der Waals surface area contributed by atoms with Gasteiger partial charge in [0.15, 0.2) is 23.5 Å². The van der Waals surface area contributed by atoms with E-state index in [4.69, 9.17) is 21.4 Å². The molecule has 0 aliphatic carbocycles. The summed E-state index contributed by atoms with van der Waals surface area (Å²) >= 11 is 5.93. The van der Waals surface area contributed by atoms with Gasteiger partial charge in [-0.05, 0) is 62.4 Å². The van der Waals surface area contributed by atoms with Crippen molar-refractivity contribution in [2.24, 2.45) is 0 Å². The van der Waals surface area contributed by atoms with Crippen LogP contribution in [0.2, 0.25) is 5.02 Å². The first kappa shape index (κ1) is 26.0. The van der Waals surface area contributed by atoms with E-state index in [-0.39, 0.29) is 22.5 Å². The maximum atomic E-state index is 14.4. The second-order valence-electron chi connectivity index (χ2n) is 8.07. The van der Waals surface area contributed by atoms with E-state index < -0.39 is 35.8 Å². The van der Waals surface area contributed by atoms with Crippen molar-refractivity contribution in [3.8, 4) is 17.2 Å². The molecule has 0 amide bonds. The number of carboxylic acid groups (broad SMARTS) is 1. The Balaban J connectivity index is 1.94. The fourth-order valence-corrected chi connectivity index (χ4v) is 4.05. The Kier molecular flexibility index (Phi) is 6.88. The molecule has 0 radical (unpaired) electrons. The van der Waals surface area contributed by atoms with Crippen LogP contribution in [-0.2, 0) is 4.79 Å². The van der Waals surface area contributed by atoms with Gasteiger partial charge in [-0.1, -0.05) is 11.6 Å². The lowest BCUT2D eigenvalue weighted by Crippen LogP contribution is -2.23. The average Bonchev–Trinajstić information content (AvgIpc) is 3.10. The number of ketones is 1. The van der Waals surface area contributed by atoms with Gasteiger partial charge in [0.25, 0.3) is 0 Å². The van der Waals surface area contributed by atoms with Crippen LogP contribution in [-0.4, -0.2) is 33.9 Å². The smallest absolute Gasteiger partial charge is 0.479 e. The molecular formula is C26H18ClF4NO5. The van der Waals surface area contributed by atoms with Crippen molar-refractivity contribution in [1.29, 1.82) is 0 Å². The summed E-state index contributed by atoms with van der Waals surface area (Å²) in [5.41, 5.74) is 1.21. The zero-order chi connectivity index (χ0) is 27.1. The highest BCUT2D eigenvalue weighted by atomic mass is 35.5. The molecule has 3 aromatic carbocycles. The monoisotopic (exact) mass is 535 g/mol. The average molecular weight is 536 g/mol. The molecule has 0 saturated heterocycles. The van der Waals surface area contributed by atoms with E-state index in [1.165, 1.54) is 54.0 Å². The summed E-state index contributed by atoms with van der Waals surface area (Å²) in [5, 5.41) is 9.85. The number of carbonyl (C=O) groups excluding carboxylic acids is 1. The Morgan fingerprint density at radius 3 is 2.32 bits per heavy atom. The molecule has 0 bridgehead atoms. The van der Waals surface area contributed by atoms with Crippen LogP contribution in [0, 0.1) is 12.7 Å². The summed E-state index contributed by atoms with van der Waals surface area (Å²) in [5.74, 6) is -3.49. The number of benzene rings is 3. The van der Waals surface area contributed by atoms with Crippen molar-refractivity contribution >= 4 is 34.3 Å². The first-order chi connectivity index (χ1) is 17.4. The van der Waals surface area contributed by atoms with Crippen molar-refractivity contribution < 1.29 is 41.7 Å². The van der Waals surface area contributed by atoms with E-state index in [1.807, 2.05) is 0 Å². The van der Waals surface area contributed by atoms with E-state index in [9.17, 15) is 27.2 Å². The second kappa shape index (κ2) is 9.78. The number of hydrogen-bond donors (Lipinski definition) is 1. The molecule has 1 aromatic heterocycles. The predicted octanol–water partition coefficient (Wildman–Crippen LogP) is 6.71. The molecular weight excluding hydrogens is 518 g/mol. The van der Waals surface area contributed by atoms with Gasteiger partial charge in [-0.25, -0.2) is 9.18 Å². The van der Waals surface area contributed by atoms with Gasteiger partial charge in [0.05, 0.1) is 11.1 Å². The van der Waals surface area contributed by atoms with Gasteiger partial charge >= 0.3 is 12.3 Å². The van der Waals surface area contributed by atoms with E-state index in [0.29, 0.717) is 21.7 Å². The zero-order valence-electron chi connectivity index (χ0n) is 19.3. The highest BCUT2D eigenvalue weighted by molar-refractivity contribution is 6.30. The van der Waals surface area contributed by atoms with Gasteiger partial charge < -0.3 is 19.1 Å². The van der Waals surface area contributed by atoms with E-state index in [2.05, 4.69) is 4.74 Å². The van der Waals surface area contributed by atoms with Crippen molar-refractivity contribution in [2.45, 2.75) is 26.3 Å². The molecule has 11 heteroatoms. The number of fused-ring (bicyclic) bond motifs is 1. The SMILES string of the molecule is Cc1c(C(=O)c2ccc(Cl)cc2)c2ccc(OC(F)(F)F)cc2n1-c1ccc(F)c(O[C@H](C)C(=O)O)c1. The van der Waals surface area contributed by atoms with Crippen LogP contribution in [0.15, 0.2) is 60.7 Å². The third-order valence-corrected chi connectivity index (χ3v) is 5.82. The highest BCUT2D eigenvalue weighted by Crippen LogP contribution is 2.36. The number of ether oxygens (including phenoxy) is 2. The Bertz CT molecular complexity index is 1510. The Labute approximate surface area is 212 Å². The zero-order valence-corrected chi connectivity index (χ0v) is 20.0. The fraction of sp³-hybridized carbons (Fsp3) is 0.154. The lowest BCUT2D eigenvalue weighted by atomic mass is 10.0. The molecule has 37 heavy (non-hydrogen) atoms. The number of rotatable bonds is 7. The lowest BCUT2D eigenvalue weighted by Gasteiger charge is -2.15. The third kappa shape index (κ3) is 5.39. The van der Waals surface area contributed by atoms with Crippen molar-refractivity contribution in [3.63, 3.8) is 0 Å². The third-order valence-electron chi connectivity index (χ3n) is 5.57. The van der Waals surface area contributed by atoms with Crippen molar-refractivity contribution in [1.82, 2.24) is 4.57 Å². The molecule has 1 atom stereocenters. The summed E-state index contributed by atoms with van der Waals surface area (Å²) in [4.78, 5) is 24.7. The number of nitrogens with zero attached hydrogens (tertiary/aromatic N) is 1. The van der Waals surface area contributed by atoms with Gasteiger partial charge in [-0.3, -0.25) is 4.79 Å². The largest absolute Gasteiger partial charge is 0.573 e. The first-order valence-corrected chi connectivity index (χ1v) is 11.1. The fourth-order valence-electron chi connectivity index (χ4n) is 3.92.